The molecule has 3 heterocycles. The van der Waals surface area contributed by atoms with Crippen LogP contribution in [0.4, 0.5) is 5.82 Å². The lowest BCUT2D eigenvalue weighted by molar-refractivity contribution is -0.140. The zero-order valence-corrected chi connectivity index (χ0v) is 16.3. The van der Waals surface area contributed by atoms with E-state index in [1.807, 2.05) is 29.2 Å². The van der Waals surface area contributed by atoms with E-state index in [2.05, 4.69) is 35.0 Å². The summed E-state index contributed by atoms with van der Waals surface area (Å²) in [6.07, 6.45) is 4.71. The van der Waals surface area contributed by atoms with Crippen molar-refractivity contribution in [2.45, 2.75) is 32.1 Å². The highest BCUT2D eigenvalue weighted by Crippen LogP contribution is 2.46. The molecule has 2 saturated heterocycles. The quantitative estimate of drug-likeness (QED) is 0.824. The first-order valence-corrected chi connectivity index (χ1v) is 10.1. The van der Waals surface area contributed by atoms with Gasteiger partial charge in [0.1, 0.15) is 5.82 Å². The average Bonchev–Trinajstić information content (AvgIpc) is 2.76. The number of carbonyl (C=O) groups excluding carboxylic acids is 1. The smallest absolute Gasteiger partial charge is 0.230 e. The van der Waals surface area contributed by atoms with Crippen LogP contribution in [0.25, 0.3) is 0 Å². The van der Waals surface area contributed by atoms with E-state index < -0.39 is 0 Å². The van der Waals surface area contributed by atoms with Crippen LogP contribution in [0.2, 0.25) is 0 Å². The molecule has 1 atom stereocenters. The van der Waals surface area contributed by atoms with E-state index in [0.29, 0.717) is 5.56 Å². The van der Waals surface area contributed by atoms with Crippen molar-refractivity contribution in [3.8, 4) is 6.07 Å². The number of hydrogen-bond acceptors (Lipinski definition) is 4. The van der Waals surface area contributed by atoms with E-state index in [1.165, 1.54) is 0 Å². The number of rotatable bonds is 3. The van der Waals surface area contributed by atoms with Gasteiger partial charge in [0.25, 0.3) is 0 Å². The Morgan fingerprint density at radius 2 is 1.96 bits per heavy atom. The summed E-state index contributed by atoms with van der Waals surface area (Å²) in [7, 11) is 0. The zero-order chi connectivity index (χ0) is 19.6. The van der Waals surface area contributed by atoms with Gasteiger partial charge in [0.05, 0.1) is 17.6 Å². The summed E-state index contributed by atoms with van der Waals surface area (Å²) in [4.78, 5) is 21.8. The molecule has 144 valence electrons. The number of carbonyl (C=O) groups is 1. The van der Waals surface area contributed by atoms with Crippen LogP contribution in [0, 0.1) is 16.7 Å². The molecule has 0 unspecified atom stereocenters. The molecule has 2 fully saturated rings. The number of piperidine rings is 2. The maximum atomic E-state index is 13.0. The Hall–Kier alpha value is -2.87. The van der Waals surface area contributed by atoms with Crippen molar-refractivity contribution in [2.24, 2.45) is 5.41 Å². The molecule has 2 aliphatic heterocycles. The predicted octanol–water partition coefficient (Wildman–Crippen LogP) is 3.58. The fraction of sp³-hybridized carbons (Fsp3) is 0.435. The Morgan fingerprint density at radius 3 is 2.64 bits per heavy atom. The summed E-state index contributed by atoms with van der Waals surface area (Å²) < 4.78 is 0. The van der Waals surface area contributed by atoms with Crippen LogP contribution >= 0.6 is 0 Å². The van der Waals surface area contributed by atoms with Crippen LogP contribution in [0.1, 0.15) is 43.2 Å². The summed E-state index contributed by atoms with van der Waals surface area (Å²) in [5.74, 6) is 1.11. The van der Waals surface area contributed by atoms with Crippen LogP contribution in [-0.2, 0) is 4.79 Å². The number of nitriles is 1. The molecule has 1 aromatic heterocycles. The van der Waals surface area contributed by atoms with Crippen LogP contribution in [0.5, 0.6) is 0 Å². The van der Waals surface area contributed by atoms with Gasteiger partial charge in [-0.2, -0.15) is 5.26 Å². The van der Waals surface area contributed by atoms with Gasteiger partial charge < -0.3 is 9.80 Å². The van der Waals surface area contributed by atoms with Crippen LogP contribution in [0.3, 0.4) is 0 Å². The first-order valence-electron chi connectivity index (χ1n) is 10.1. The van der Waals surface area contributed by atoms with Crippen LogP contribution in [-0.4, -0.2) is 42.0 Å². The normalized spacial score (nSPS) is 21.6. The maximum Gasteiger partial charge on any atom is 0.230 e. The number of benzene rings is 1. The Kier molecular flexibility index (Phi) is 5.04. The Balaban J connectivity index is 1.53. The third-order valence-corrected chi connectivity index (χ3v) is 6.38. The molecular formula is C23H26N4O. The minimum Gasteiger partial charge on any atom is -0.357 e. The molecular weight excluding hydrogens is 348 g/mol. The maximum absolute atomic E-state index is 13.0. The predicted molar refractivity (Wildman–Crippen MR) is 109 cm³/mol. The summed E-state index contributed by atoms with van der Waals surface area (Å²) >= 11 is 0. The molecule has 1 amide bonds. The van der Waals surface area contributed by atoms with Crippen molar-refractivity contribution < 1.29 is 4.79 Å². The monoisotopic (exact) mass is 374 g/mol. The van der Waals surface area contributed by atoms with Gasteiger partial charge in [-0.3, -0.25) is 4.79 Å². The third-order valence-electron chi connectivity index (χ3n) is 6.38. The summed E-state index contributed by atoms with van der Waals surface area (Å²) in [6.45, 7) is 5.51. The lowest BCUT2D eigenvalue weighted by atomic mass is 9.67. The van der Waals surface area contributed by atoms with Gasteiger partial charge in [-0.05, 0) is 49.3 Å². The van der Waals surface area contributed by atoms with Crippen molar-refractivity contribution in [3.63, 3.8) is 0 Å². The molecule has 0 aliphatic carbocycles. The molecule has 0 saturated carbocycles. The summed E-state index contributed by atoms with van der Waals surface area (Å²) in [5, 5.41) is 9.14. The molecule has 1 spiro atoms. The van der Waals surface area contributed by atoms with Gasteiger partial charge in [-0.1, -0.05) is 30.3 Å². The van der Waals surface area contributed by atoms with Crippen molar-refractivity contribution in [2.75, 3.05) is 31.1 Å². The number of amides is 1. The number of likely N-dealkylation sites (N-methyl/N-ethyl adjacent to an activating group) is 1. The molecule has 1 aromatic carbocycles. The highest BCUT2D eigenvalue weighted by molar-refractivity contribution is 5.84. The lowest BCUT2D eigenvalue weighted by Crippen LogP contribution is -2.54. The molecule has 2 aromatic rings. The van der Waals surface area contributed by atoms with E-state index in [4.69, 9.17) is 5.26 Å². The molecule has 0 bridgehead atoms. The second-order valence-corrected chi connectivity index (χ2v) is 8.02. The first-order chi connectivity index (χ1) is 13.6. The first kappa shape index (κ1) is 18.5. The fourth-order valence-electron chi connectivity index (χ4n) is 4.73. The fourth-order valence-corrected chi connectivity index (χ4v) is 4.73. The van der Waals surface area contributed by atoms with Crippen LogP contribution < -0.4 is 4.90 Å². The molecule has 0 N–H and O–H groups in total. The van der Waals surface area contributed by atoms with E-state index in [-0.39, 0.29) is 17.2 Å². The minimum absolute atomic E-state index is 0.0403. The van der Waals surface area contributed by atoms with Gasteiger partial charge in [0.2, 0.25) is 5.91 Å². The number of pyridine rings is 1. The van der Waals surface area contributed by atoms with Crippen molar-refractivity contribution in [1.29, 1.82) is 5.26 Å². The minimum atomic E-state index is -0.0403. The van der Waals surface area contributed by atoms with Gasteiger partial charge in [0.15, 0.2) is 0 Å². The van der Waals surface area contributed by atoms with Gasteiger partial charge in [-0.15, -0.1) is 0 Å². The molecule has 5 nitrogen and oxygen atoms in total. The highest BCUT2D eigenvalue weighted by atomic mass is 16.2. The molecule has 0 radical (unpaired) electrons. The van der Waals surface area contributed by atoms with Crippen LogP contribution in [0.15, 0.2) is 48.7 Å². The second kappa shape index (κ2) is 7.63. The van der Waals surface area contributed by atoms with E-state index in [9.17, 15) is 4.79 Å². The van der Waals surface area contributed by atoms with Gasteiger partial charge in [0, 0.05) is 32.4 Å². The zero-order valence-electron chi connectivity index (χ0n) is 16.3. The highest BCUT2D eigenvalue weighted by Gasteiger charge is 2.45. The lowest BCUT2D eigenvalue weighted by Gasteiger charge is -2.50. The molecule has 28 heavy (non-hydrogen) atoms. The molecule has 5 heteroatoms. The number of aromatic nitrogens is 1. The topological polar surface area (TPSA) is 60.2 Å². The molecule has 2 aliphatic rings. The van der Waals surface area contributed by atoms with Gasteiger partial charge in [-0.25, -0.2) is 4.98 Å². The SMILES string of the molecule is CCN1CC2(CCN(c3cc(C#N)ccn3)CC2)C[C@@H](c2ccccc2)C1=O. The Morgan fingerprint density at radius 1 is 1.21 bits per heavy atom. The summed E-state index contributed by atoms with van der Waals surface area (Å²) in [5.41, 5.74) is 1.94. The Bertz CT molecular complexity index is 881. The van der Waals surface area contributed by atoms with E-state index in [0.717, 1.165) is 56.8 Å². The number of anilines is 1. The standard InChI is InChI=1S/C23H26N4O/c1-2-26-17-23(15-20(22(26)28)19-6-4-3-5-7-19)9-12-27(13-10-23)21-14-18(16-24)8-11-25-21/h3-8,11,14,20H,2,9-10,12-13,15,17H2,1H3/t20-/m0/s1. The van der Waals surface area contributed by atoms with Gasteiger partial charge >= 0.3 is 0 Å². The third kappa shape index (κ3) is 3.47. The van der Waals surface area contributed by atoms with Crippen molar-refractivity contribution in [1.82, 2.24) is 9.88 Å². The average molecular weight is 374 g/mol. The van der Waals surface area contributed by atoms with E-state index >= 15 is 0 Å². The van der Waals surface area contributed by atoms with Crippen molar-refractivity contribution >= 4 is 11.7 Å². The Labute approximate surface area is 166 Å². The molecule has 4 rings (SSSR count). The number of nitrogens with zero attached hydrogens (tertiary/aromatic N) is 4. The number of likely N-dealkylation sites (tertiary alicyclic amines) is 1. The summed E-state index contributed by atoms with van der Waals surface area (Å²) in [6, 6.07) is 16.0. The van der Waals surface area contributed by atoms with E-state index in [1.54, 1.807) is 12.3 Å². The second-order valence-electron chi connectivity index (χ2n) is 8.02. The number of hydrogen-bond donors (Lipinski definition) is 0. The largest absolute Gasteiger partial charge is 0.357 e. The van der Waals surface area contributed by atoms with Crippen molar-refractivity contribution in [3.05, 3.63) is 59.8 Å².